The van der Waals surface area contributed by atoms with E-state index in [1.165, 1.54) is 0 Å². The van der Waals surface area contributed by atoms with Crippen molar-refractivity contribution in [3.05, 3.63) is 35.9 Å². The van der Waals surface area contributed by atoms with E-state index in [1.54, 1.807) is 6.92 Å². The van der Waals surface area contributed by atoms with Crippen LogP contribution in [0.5, 0.6) is 0 Å². The standard InChI is InChI=1S/C16H21Cl2NO3/c1-4-22-15(21)19-10-13(20)16(17,18)14(11(2)3)12-8-6-5-7-9-12/h5-9,11,14H,4,10H2,1-3H3,(H,19,21). The summed E-state index contributed by atoms with van der Waals surface area (Å²) in [4.78, 5) is 23.6. The van der Waals surface area contributed by atoms with Gasteiger partial charge in [-0.2, -0.15) is 0 Å². The number of carbonyl (C=O) groups excluding carboxylic acids is 2. The second-order valence-electron chi connectivity index (χ2n) is 5.25. The Morgan fingerprint density at radius 2 is 1.82 bits per heavy atom. The summed E-state index contributed by atoms with van der Waals surface area (Å²) in [6, 6.07) is 9.40. The monoisotopic (exact) mass is 345 g/mol. The third-order valence-electron chi connectivity index (χ3n) is 3.26. The Labute approximate surface area is 141 Å². The highest BCUT2D eigenvalue weighted by Crippen LogP contribution is 2.43. The fraction of sp³-hybridized carbons (Fsp3) is 0.500. The van der Waals surface area contributed by atoms with Crippen molar-refractivity contribution >= 4 is 35.1 Å². The van der Waals surface area contributed by atoms with E-state index in [0.717, 1.165) is 5.56 Å². The maximum atomic E-state index is 12.4. The van der Waals surface area contributed by atoms with Gasteiger partial charge in [-0.1, -0.05) is 67.4 Å². The Bertz CT molecular complexity index is 503. The van der Waals surface area contributed by atoms with Crippen LogP contribution in [0.3, 0.4) is 0 Å². The van der Waals surface area contributed by atoms with Crippen LogP contribution in [0.25, 0.3) is 0 Å². The molecule has 0 saturated carbocycles. The van der Waals surface area contributed by atoms with Crippen molar-refractivity contribution in [1.82, 2.24) is 5.32 Å². The van der Waals surface area contributed by atoms with E-state index in [9.17, 15) is 9.59 Å². The minimum atomic E-state index is -1.63. The molecule has 4 nitrogen and oxygen atoms in total. The maximum Gasteiger partial charge on any atom is 0.407 e. The molecule has 1 aromatic carbocycles. The second kappa shape index (κ2) is 8.39. The molecule has 1 amide bonds. The van der Waals surface area contributed by atoms with Gasteiger partial charge >= 0.3 is 6.09 Å². The van der Waals surface area contributed by atoms with Crippen molar-refractivity contribution in [3.63, 3.8) is 0 Å². The topological polar surface area (TPSA) is 55.4 Å². The van der Waals surface area contributed by atoms with Crippen LogP contribution in [0.15, 0.2) is 30.3 Å². The number of hydrogen-bond donors (Lipinski definition) is 1. The van der Waals surface area contributed by atoms with Gasteiger partial charge in [0, 0.05) is 5.92 Å². The molecule has 0 aliphatic rings. The lowest BCUT2D eigenvalue weighted by Gasteiger charge is -2.32. The van der Waals surface area contributed by atoms with Gasteiger partial charge in [0.2, 0.25) is 0 Å². The summed E-state index contributed by atoms with van der Waals surface area (Å²) in [7, 11) is 0. The number of halogens is 2. The number of nitrogens with one attached hydrogen (secondary N) is 1. The lowest BCUT2D eigenvalue weighted by Crippen LogP contribution is -2.43. The highest BCUT2D eigenvalue weighted by atomic mass is 35.5. The van der Waals surface area contributed by atoms with Gasteiger partial charge in [-0.3, -0.25) is 4.79 Å². The molecular formula is C16H21Cl2NO3. The number of hydrogen-bond acceptors (Lipinski definition) is 3. The summed E-state index contributed by atoms with van der Waals surface area (Å²) in [5.41, 5.74) is 0.881. The van der Waals surface area contributed by atoms with Crippen LogP contribution in [0.2, 0.25) is 0 Å². The quantitative estimate of drug-likeness (QED) is 0.762. The average Bonchev–Trinajstić information content (AvgIpc) is 2.45. The summed E-state index contributed by atoms with van der Waals surface area (Å²) < 4.78 is 3.08. The van der Waals surface area contributed by atoms with Crippen LogP contribution >= 0.6 is 23.2 Å². The first kappa shape index (κ1) is 18.8. The number of Topliss-reactive ketones (excluding diaryl/α,β-unsaturated/α-hetero) is 1. The van der Waals surface area contributed by atoms with E-state index in [2.05, 4.69) is 5.32 Å². The number of carbonyl (C=O) groups is 2. The summed E-state index contributed by atoms with van der Waals surface area (Å²) in [6.07, 6.45) is -0.666. The lowest BCUT2D eigenvalue weighted by atomic mass is 9.83. The Balaban J connectivity index is 2.88. The molecule has 0 aromatic heterocycles. The molecule has 1 unspecified atom stereocenters. The van der Waals surface area contributed by atoms with Gasteiger partial charge in [0.1, 0.15) is 0 Å². The van der Waals surface area contributed by atoms with E-state index in [0.29, 0.717) is 0 Å². The zero-order chi connectivity index (χ0) is 16.8. The molecule has 1 rings (SSSR count). The molecule has 1 N–H and O–H groups in total. The molecule has 6 heteroatoms. The van der Waals surface area contributed by atoms with Gasteiger partial charge in [0.25, 0.3) is 0 Å². The van der Waals surface area contributed by atoms with Crippen LogP contribution in [0.4, 0.5) is 4.79 Å². The van der Waals surface area contributed by atoms with Crippen molar-refractivity contribution in [2.75, 3.05) is 13.2 Å². The van der Waals surface area contributed by atoms with Crippen LogP contribution in [-0.4, -0.2) is 29.4 Å². The maximum absolute atomic E-state index is 12.4. The van der Waals surface area contributed by atoms with Crippen LogP contribution in [0.1, 0.15) is 32.3 Å². The molecule has 0 saturated heterocycles. The minimum Gasteiger partial charge on any atom is -0.450 e. The van der Waals surface area contributed by atoms with E-state index >= 15 is 0 Å². The molecule has 1 aromatic rings. The number of ether oxygens (including phenoxy) is 1. The van der Waals surface area contributed by atoms with Gasteiger partial charge in [0.05, 0.1) is 13.2 Å². The third kappa shape index (κ3) is 4.89. The Hall–Kier alpha value is -1.26. The molecule has 0 aliphatic heterocycles. The van der Waals surface area contributed by atoms with Crippen molar-refractivity contribution in [3.8, 4) is 0 Å². The average molecular weight is 346 g/mol. The molecular weight excluding hydrogens is 325 g/mol. The van der Waals surface area contributed by atoms with Gasteiger partial charge < -0.3 is 10.1 Å². The number of benzene rings is 1. The molecule has 0 aliphatic carbocycles. The first-order valence-electron chi connectivity index (χ1n) is 7.17. The van der Waals surface area contributed by atoms with Crippen LogP contribution < -0.4 is 5.32 Å². The number of ketones is 1. The molecule has 122 valence electrons. The SMILES string of the molecule is CCOC(=O)NCC(=O)C(Cl)(Cl)C(c1ccccc1)C(C)C. The Morgan fingerprint density at radius 1 is 1.23 bits per heavy atom. The number of alkyl carbamates (subject to hydrolysis) is 1. The predicted molar refractivity (Wildman–Crippen MR) is 88.5 cm³/mol. The molecule has 0 spiro atoms. The van der Waals surface area contributed by atoms with E-state index in [1.807, 2.05) is 44.2 Å². The van der Waals surface area contributed by atoms with Gasteiger partial charge in [-0.15, -0.1) is 0 Å². The van der Waals surface area contributed by atoms with Crippen molar-refractivity contribution < 1.29 is 14.3 Å². The van der Waals surface area contributed by atoms with Crippen LogP contribution in [-0.2, 0) is 9.53 Å². The highest BCUT2D eigenvalue weighted by Gasteiger charge is 2.44. The normalized spacial score (nSPS) is 12.8. The molecule has 0 radical (unpaired) electrons. The van der Waals surface area contributed by atoms with Gasteiger partial charge in [0.15, 0.2) is 10.1 Å². The Kier molecular flexibility index (Phi) is 7.17. The minimum absolute atomic E-state index is 0.0453. The zero-order valence-electron chi connectivity index (χ0n) is 12.9. The fourth-order valence-electron chi connectivity index (χ4n) is 2.30. The van der Waals surface area contributed by atoms with Crippen molar-refractivity contribution in [2.24, 2.45) is 5.92 Å². The number of rotatable bonds is 7. The van der Waals surface area contributed by atoms with Gasteiger partial charge in [-0.05, 0) is 18.4 Å². The predicted octanol–water partition coefficient (Wildman–Crippen LogP) is 3.92. The van der Waals surface area contributed by atoms with Crippen LogP contribution in [0, 0.1) is 5.92 Å². The smallest absolute Gasteiger partial charge is 0.407 e. The fourth-order valence-corrected chi connectivity index (χ4v) is 3.19. The molecule has 0 bridgehead atoms. The highest BCUT2D eigenvalue weighted by molar-refractivity contribution is 6.59. The first-order chi connectivity index (χ1) is 10.3. The third-order valence-corrected chi connectivity index (χ3v) is 4.15. The molecule has 0 heterocycles. The number of amides is 1. The molecule has 0 fully saturated rings. The van der Waals surface area contributed by atoms with E-state index in [4.69, 9.17) is 27.9 Å². The molecule has 22 heavy (non-hydrogen) atoms. The summed E-state index contributed by atoms with van der Waals surface area (Å²) in [5, 5.41) is 2.36. The van der Waals surface area contributed by atoms with Crippen molar-refractivity contribution in [2.45, 2.75) is 31.0 Å². The Morgan fingerprint density at radius 3 is 2.32 bits per heavy atom. The van der Waals surface area contributed by atoms with Gasteiger partial charge in [-0.25, -0.2) is 4.79 Å². The largest absolute Gasteiger partial charge is 0.450 e. The number of alkyl halides is 2. The summed E-state index contributed by atoms with van der Waals surface area (Å²) >= 11 is 12.7. The molecule has 1 atom stereocenters. The van der Waals surface area contributed by atoms with Crippen molar-refractivity contribution in [1.29, 1.82) is 0 Å². The van der Waals surface area contributed by atoms with E-state index < -0.39 is 16.2 Å². The zero-order valence-corrected chi connectivity index (χ0v) is 14.4. The lowest BCUT2D eigenvalue weighted by molar-refractivity contribution is -0.119. The second-order valence-corrected chi connectivity index (χ2v) is 6.64. The first-order valence-corrected chi connectivity index (χ1v) is 7.93. The van der Waals surface area contributed by atoms with E-state index in [-0.39, 0.29) is 25.0 Å². The summed E-state index contributed by atoms with van der Waals surface area (Å²) in [6.45, 7) is 5.53. The summed E-state index contributed by atoms with van der Waals surface area (Å²) in [5.74, 6) is -0.802.